The summed E-state index contributed by atoms with van der Waals surface area (Å²) in [4.78, 5) is 30.9. The van der Waals surface area contributed by atoms with E-state index in [2.05, 4.69) is 20.6 Å². The Labute approximate surface area is 155 Å². The molecule has 1 N–H and O–H groups in total. The second-order valence-corrected chi connectivity index (χ2v) is 6.73. The summed E-state index contributed by atoms with van der Waals surface area (Å²) in [6.07, 6.45) is 0. The predicted molar refractivity (Wildman–Crippen MR) is 97.5 cm³/mol. The number of aromatic nitrogens is 3. The van der Waals surface area contributed by atoms with Gasteiger partial charge in [-0.2, -0.15) is 0 Å². The fourth-order valence-electron chi connectivity index (χ4n) is 2.68. The van der Waals surface area contributed by atoms with Crippen molar-refractivity contribution in [3.63, 3.8) is 0 Å². The maximum absolute atomic E-state index is 13.0. The molecule has 0 bridgehead atoms. The van der Waals surface area contributed by atoms with E-state index in [0.29, 0.717) is 33.9 Å². The van der Waals surface area contributed by atoms with Gasteiger partial charge in [0.2, 0.25) is 5.91 Å². The van der Waals surface area contributed by atoms with Gasteiger partial charge in [-0.3, -0.25) is 9.59 Å². The summed E-state index contributed by atoms with van der Waals surface area (Å²) in [5, 5.41) is 10.8. The molecule has 0 spiro atoms. The van der Waals surface area contributed by atoms with E-state index in [9.17, 15) is 9.59 Å². The molecule has 3 rings (SSSR count). The molecule has 0 radical (unpaired) electrons. The molecule has 0 atom stereocenters. The minimum Gasteiger partial charge on any atom is -0.360 e. The minimum absolute atomic E-state index is 0.107. The summed E-state index contributed by atoms with van der Waals surface area (Å²) >= 11 is 0. The summed E-state index contributed by atoms with van der Waals surface area (Å²) in [6.45, 7) is 7.28. The predicted octanol–water partition coefficient (Wildman–Crippen LogP) is 2.66. The number of carbonyl (C=O) groups excluding carboxylic acids is 2. The molecule has 0 aliphatic heterocycles. The minimum atomic E-state index is -0.379. The number of rotatable bonds is 5. The number of hydrogen-bond donors (Lipinski definition) is 1. The zero-order valence-electron chi connectivity index (χ0n) is 15.9. The molecule has 2 amide bonds. The maximum Gasteiger partial charge on any atom is 0.259 e. The number of nitrogens with one attached hydrogen (secondary N) is 1. The number of amides is 2. The number of anilines is 1. The molecule has 9 heteroatoms. The molecule has 0 unspecified atom stereocenters. The average molecular weight is 371 g/mol. The fourth-order valence-corrected chi connectivity index (χ4v) is 2.68. The summed E-state index contributed by atoms with van der Waals surface area (Å²) in [5.74, 6) is 0.299. The SMILES string of the molecule is Cc1cc(NC(=O)CN(C)C(=O)c2cc(C(C)C)nc3onc(C)c23)no1. The zero-order chi connectivity index (χ0) is 19.7. The first-order valence-electron chi connectivity index (χ1n) is 8.51. The number of carbonyl (C=O) groups is 2. The highest BCUT2D eigenvalue weighted by Crippen LogP contribution is 2.26. The Hall–Kier alpha value is -3.23. The lowest BCUT2D eigenvalue weighted by Crippen LogP contribution is -2.35. The van der Waals surface area contributed by atoms with Crippen LogP contribution in [0.25, 0.3) is 11.1 Å². The quantitative estimate of drug-likeness (QED) is 0.733. The molecule has 9 nitrogen and oxygen atoms in total. The number of nitrogens with zero attached hydrogens (tertiary/aromatic N) is 4. The van der Waals surface area contributed by atoms with E-state index in [1.165, 1.54) is 4.90 Å². The highest BCUT2D eigenvalue weighted by Gasteiger charge is 2.23. The largest absolute Gasteiger partial charge is 0.360 e. The Morgan fingerprint density at radius 1 is 1.19 bits per heavy atom. The van der Waals surface area contributed by atoms with Gasteiger partial charge in [-0.25, -0.2) is 4.98 Å². The normalized spacial score (nSPS) is 11.2. The first-order chi connectivity index (χ1) is 12.8. The fraction of sp³-hybridized carbons (Fsp3) is 0.389. The van der Waals surface area contributed by atoms with Crippen molar-refractivity contribution in [3.05, 3.63) is 34.8 Å². The van der Waals surface area contributed by atoms with Gasteiger partial charge in [0.25, 0.3) is 11.6 Å². The van der Waals surface area contributed by atoms with Crippen LogP contribution in [0, 0.1) is 13.8 Å². The summed E-state index contributed by atoms with van der Waals surface area (Å²) in [6, 6.07) is 3.33. The van der Waals surface area contributed by atoms with Crippen LogP contribution in [0.1, 0.15) is 47.3 Å². The van der Waals surface area contributed by atoms with Gasteiger partial charge in [0, 0.05) is 18.8 Å². The van der Waals surface area contributed by atoms with Crippen LogP contribution in [-0.4, -0.2) is 45.6 Å². The van der Waals surface area contributed by atoms with Gasteiger partial charge in [0.1, 0.15) is 5.76 Å². The highest BCUT2D eigenvalue weighted by molar-refractivity contribution is 6.07. The summed E-state index contributed by atoms with van der Waals surface area (Å²) in [5.41, 5.74) is 2.03. The van der Waals surface area contributed by atoms with Crippen molar-refractivity contribution in [2.45, 2.75) is 33.6 Å². The van der Waals surface area contributed by atoms with E-state index >= 15 is 0 Å². The van der Waals surface area contributed by atoms with Crippen LogP contribution >= 0.6 is 0 Å². The molecule has 3 heterocycles. The topological polar surface area (TPSA) is 114 Å². The molecule has 0 saturated heterocycles. The lowest BCUT2D eigenvalue weighted by atomic mass is 10.0. The Morgan fingerprint density at radius 3 is 2.56 bits per heavy atom. The van der Waals surface area contributed by atoms with E-state index in [-0.39, 0.29) is 24.3 Å². The number of hydrogen-bond acceptors (Lipinski definition) is 7. The third-order valence-electron chi connectivity index (χ3n) is 4.08. The van der Waals surface area contributed by atoms with Crippen molar-refractivity contribution in [1.82, 2.24) is 20.2 Å². The molecule has 0 aliphatic rings. The van der Waals surface area contributed by atoms with Gasteiger partial charge in [-0.05, 0) is 25.8 Å². The number of fused-ring (bicyclic) bond motifs is 1. The van der Waals surface area contributed by atoms with E-state index in [1.54, 1.807) is 33.0 Å². The number of aryl methyl sites for hydroxylation is 2. The molecule has 0 saturated carbocycles. The summed E-state index contributed by atoms with van der Waals surface area (Å²) in [7, 11) is 1.56. The molecule has 0 fully saturated rings. The first kappa shape index (κ1) is 18.6. The van der Waals surface area contributed by atoms with Crippen LogP contribution in [0.15, 0.2) is 21.2 Å². The van der Waals surface area contributed by atoms with Crippen LogP contribution in [0.2, 0.25) is 0 Å². The van der Waals surface area contributed by atoms with Crippen molar-refractivity contribution >= 4 is 28.7 Å². The molecule has 142 valence electrons. The van der Waals surface area contributed by atoms with Crippen molar-refractivity contribution in [1.29, 1.82) is 0 Å². The standard InChI is InChI=1S/C18H21N5O4/c1-9(2)13-7-12(16-11(4)21-27-17(16)19-13)18(25)23(5)8-15(24)20-14-6-10(3)26-22-14/h6-7,9H,8H2,1-5H3,(H,20,22,24). The maximum atomic E-state index is 13.0. The van der Waals surface area contributed by atoms with Crippen molar-refractivity contribution in [2.75, 3.05) is 18.9 Å². The summed E-state index contributed by atoms with van der Waals surface area (Å²) < 4.78 is 10.1. The zero-order valence-corrected chi connectivity index (χ0v) is 15.9. The van der Waals surface area contributed by atoms with Gasteiger partial charge in [0.05, 0.1) is 23.2 Å². The van der Waals surface area contributed by atoms with Gasteiger partial charge in [0.15, 0.2) is 5.82 Å². The van der Waals surface area contributed by atoms with Crippen molar-refractivity contribution < 1.29 is 18.6 Å². The Morgan fingerprint density at radius 2 is 1.93 bits per heavy atom. The van der Waals surface area contributed by atoms with E-state index in [4.69, 9.17) is 9.05 Å². The third-order valence-corrected chi connectivity index (χ3v) is 4.08. The number of pyridine rings is 1. The smallest absolute Gasteiger partial charge is 0.259 e. The van der Waals surface area contributed by atoms with Crippen LogP contribution < -0.4 is 5.32 Å². The number of likely N-dealkylation sites (N-methyl/N-ethyl adjacent to an activating group) is 1. The van der Waals surface area contributed by atoms with Crippen molar-refractivity contribution in [2.24, 2.45) is 0 Å². The lowest BCUT2D eigenvalue weighted by Gasteiger charge is -2.17. The first-order valence-corrected chi connectivity index (χ1v) is 8.51. The Bertz CT molecular complexity index is 1000. The van der Waals surface area contributed by atoms with Gasteiger partial charge in [-0.1, -0.05) is 24.2 Å². The monoisotopic (exact) mass is 371 g/mol. The second-order valence-electron chi connectivity index (χ2n) is 6.73. The molecule has 3 aromatic heterocycles. The van der Waals surface area contributed by atoms with Gasteiger partial charge in [-0.15, -0.1) is 0 Å². The third kappa shape index (κ3) is 3.81. The molecular formula is C18H21N5O4. The van der Waals surface area contributed by atoms with Crippen LogP contribution in [0.4, 0.5) is 5.82 Å². The van der Waals surface area contributed by atoms with Crippen LogP contribution in [-0.2, 0) is 4.79 Å². The van der Waals surface area contributed by atoms with Gasteiger partial charge < -0.3 is 19.3 Å². The Kier molecular flexibility index (Phi) is 4.93. The van der Waals surface area contributed by atoms with E-state index in [1.807, 2.05) is 13.8 Å². The van der Waals surface area contributed by atoms with Crippen LogP contribution in [0.5, 0.6) is 0 Å². The molecular weight excluding hydrogens is 350 g/mol. The highest BCUT2D eigenvalue weighted by atomic mass is 16.5. The van der Waals surface area contributed by atoms with Gasteiger partial charge >= 0.3 is 0 Å². The van der Waals surface area contributed by atoms with Crippen LogP contribution in [0.3, 0.4) is 0 Å². The molecule has 0 aliphatic carbocycles. The van der Waals surface area contributed by atoms with E-state index < -0.39 is 0 Å². The lowest BCUT2D eigenvalue weighted by molar-refractivity contribution is -0.116. The molecule has 27 heavy (non-hydrogen) atoms. The van der Waals surface area contributed by atoms with E-state index in [0.717, 1.165) is 5.69 Å². The second kappa shape index (κ2) is 7.18. The Balaban J connectivity index is 1.83. The molecule has 0 aromatic carbocycles. The molecule has 3 aromatic rings. The van der Waals surface area contributed by atoms with Crippen molar-refractivity contribution in [3.8, 4) is 0 Å². The average Bonchev–Trinajstić information content (AvgIpc) is 3.19.